The smallest absolute Gasteiger partial charge is 0.0761 e. The number of rotatable bonds is 3. The molecule has 0 aromatic heterocycles. The molecule has 1 aliphatic rings. The van der Waals surface area contributed by atoms with Crippen LogP contribution in [-0.4, -0.2) is 23.6 Å². The molecule has 1 heterocycles. The maximum atomic E-state index is 9.41. The normalized spacial score (nSPS) is 19.6. The van der Waals surface area contributed by atoms with Gasteiger partial charge in [-0.1, -0.05) is 12.1 Å². The molecule has 1 fully saturated rings. The van der Waals surface area contributed by atoms with Crippen LogP contribution in [0.2, 0.25) is 0 Å². The van der Waals surface area contributed by atoms with Gasteiger partial charge in [0.15, 0.2) is 0 Å². The first-order chi connectivity index (χ1) is 7.75. The van der Waals surface area contributed by atoms with E-state index in [1.54, 1.807) is 6.92 Å². The minimum atomic E-state index is -0.373. The fourth-order valence-electron chi connectivity index (χ4n) is 1.81. The van der Waals surface area contributed by atoms with Crippen LogP contribution in [0.1, 0.15) is 31.4 Å². The Bertz CT molecular complexity index is 315. The van der Waals surface area contributed by atoms with Gasteiger partial charge in [-0.15, -0.1) is 11.8 Å². The Morgan fingerprint density at radius 1 is 1.25 bits per heavy atom. The highest BCUT2D eigenvalue weighted by atomic mass is 32.2. The van der Waals surface area contributed by atoms with E-state index in [1.165, 1.54) is 4.90 Å². The third kappa shape index (κ3) is 3.24. The first kappa shape index (κ1) is 12.0. The Hall–Kier alpha value is -0.510. The van der Waals surface area contributed by atoms with Crippen molar-refractivity contribution in [2.75, 3.05) is 13.2 Å². The second-order valence-electron chi connectivity index (χ2n) is 4.17. The first-order valence-corrected chi connectivity index (χ1v) is 6.66. The molecule has 0 bridgehead atoms. The molecule has 1 aliphatic heterocycles. The lowest BCUT2D eigenvalue weighted by molar-refractivity contribution is 0.100. The van der Waals surface area contributed by atoms with Gasteiger partial charge in [0.1, 0.15) is 0 Å². The third-order valence-corrected chi connectivity index (χ3v) is 4.18. The standard InChI is InChI=1S/C13H18O2S/c1-10(14)11-2-4-12(5-3-11)16-13-6-8-15-9-7-13/h2-5,10,13-14H,6-9H2,1H3/t10-/m1/s1. The van der Waals surface area contributed by atoms with Crippen molar-refractivity contribution in [1.82, 2.24) is 0 Å². The summed E-state index contributed by atoms with van der Waals surface area (Å²) < 4.78 is 5.34. The Morgan fingerprint density at radius 2 is 1.88 bits per heavy atom. The van der Waals surface area contributed by atoms with E-state index in [4.69, 9.17) is 4.74 Å². The van der Waals surface area contributed by atoms with Crippen molar-refractivity contribution in [1.29, 1.82) is 0 Å². The van der Waals surface area contributed by atoms with E-state index < -0.39 is 0 Å². The van der Waals surface area contributed by atoms with Crippen molar-refractivity contribution in [2.45, 2.75) is 36.0 Å². The van der Waals surface area contributed by atoms with E-state index in [0.29, 0.717) is 5.25 Å². The van der Waals surface area contributed by atoms with Gasteiger partial charge in [-0.25, -0.2) is 0 Å². The number of aliphatic hydroxyl groups is 1. The third-order valence-electron chi connectivity index (χ3n) is 2.83. The maximum Gasteiger partial charge on any atom is 0.0761 e. The predicted octanol–water partition coefficient (Wildman–Crippen LogP) is 3.01. The summed E-state index contributed by atoms with van der Waals surface area (Å²) in [4.78, 5) is 1.29. The first-order valence-electron chi connectivity index (χ1n) is 5.78. The highest BCUT2D eigenvalue weighted by molar-refractivity contribution is 8.00. The van der Waals surface area contributed by atoms with Crippen LogP contribution in [0, 0.1) is 0 Å². The SMILES string of the molecule is C[C@@H](O)c1ccc(SC2CCOCC2)cc1. The topological polar surface area (TPSA) is 29.5 Å². The number of benzene rings is 1. The molecule has 16 heavy (non-hydrogen) atoms. The number of ether oxygens (including phenoxy) is 1. The van der Waals surface area contributed by atoms with Crippen LogP contribution in [-0.2, 0) is 4.74 Å². The molecule has 88 valence electrons. The average molecular weight is 238 g/mol. The Balaban J connectivity index is 1.93. The van der Waals surface area contributed by atoms with Crippen molar-refractivity contribution in [3.63, 3.8) is 0 Å². The van der Waals surface area contributed by atoms with Gasteiger partial charge in [-0.3, -0.25) is 0 Å². The Kier molecular flexibility index (Phi) is 4.27. The van der Waals surface area contributed by atoms with Gasteiger partial charge in [-0.2, -0.15) is 0 Å². The molecule has 1 N–H and O–H groups in total. The van der Waals surface area contributed by atoms with Gasteiger partial charge in [-0.05, 0) is 37.5 Å². The molecule has 1 atom stereocenters. The predicted molar refractivity (Wildman–Crippen MR) is 66.8 cm³/mol. The summed E-state index contributed by atoms with van der Waals surface area (Å²) in [5.74, 6) is 0. The van der Waals surface area contributed by atoms with Crippen LogP contribution >= 0.6 is 11.8 Å². The molecule has 1 saturated heterocycles. The van der Waals surface area contributed by atoms with E-state index in [0.717, 1.165) is 31.6 Å². The lowest BCUT2D eigenvalue weighted by atomic mass is 10.1. The zero-order chi connectivity index (χ0) is 11.4. The quantitative estimate of drug-likeness (QED) is 0.877. The largest absolute Gasteiger partial charge is 0.389 e. The van der Waals surface area contributed by atoms with Crippen molar-refractivity contribution < 1.29 is 9.84 Å². The van der Waals surface area contributed by atoms with Gasteiger partial charge in [0.2, 0.25) is 0 Å². The monoisotopic (exact) mass is 238 g/mol. The second-order valence-corrected chi connectivity index (χ2v) is 5.55. The maximum absolute atomic E-state index is 9.41. The molecule has 0 spiro atoms. The molecule has 3 heteroatoms. The molecule has 0 aliphatic carbocycles. The van der Waals surface area contributed by atoms with Crippen LogP contribution in [0.25, 0.3) is 0 Å². The number of hydrogen-bond acceptors (Lipinski definition) is 3. The fraction of sp³-hybridized carbons (Fsp3) is 0.538. The van der Waals surface area contributed by atoms with Crippen molar-refractivity contribution in [3.8, 4) is 0 Å². The van der Waals surface area contributed by atoms with Gasteiger partial charge in [0, 0.05) is 23.4 Å². The van der Waals surface area contributed by atoms with Crippen LogP contribution < -0.4 is 0 Å². The summed E-state index contributed by atoms with van der Waals surface area (Å²) in [6, 6.07) is 8.21. The molecule has 0 saturated carbocycles. The second kappa shape index (κ2) is 5.71. The fourth-order valence-corrected chi connectivity index (χ4v) is 2.92. The summed E-state index contributed by atoms with van der Waals surface area (Å²) in [5, 5.41) is 10.1. The lowest BCUT2D eigenvalue weighted by Crippen LogP contribution is -2.17. The van der Waals surface area contributed by atoms with Crippen LogP contribution in [0.15, 0.2) is 29.2 Å². The zero-order valence-electron chi connectivity index (χ0n) is 9.56. The van der Waals surface area contributed by atoms with Gasteiger partial charge in [0.05, 0.1) is 6.10 Å². The number of aliphatic hydroxyl groups excluding tert-OH is 1. The molecule has 1 aromatic rings. The molecule has 1 aromatic carbocycles. The van der Waals surface area contributed by atoms with Crippen LogP contribution in [0.4, 0.5) is 0 Å². The molecule has 0 amide bonds. The minimum Gasteiger partial charge on any atom is -0.389 e. The van der Waals surface area contributed by atoms with E-state index in [9.17, 15) is 5.11 Å². The molecule has 0 radical (unpaired) electrons. The van der Waals surface area contributed by atoms with Gasteiger partial charge >= 0.3 is 0 Å². The summed E-state index contributed by atoms with van der Waals surface area (Å²) in [6.07, 6.45) is 1.91. The molecule has 0 unspecified atom stereocenters. The summed E-state index contributed by atoms with van der Waals surface area (Å²) in [6.45, 7) is 3.58. The Labute approximate surface area is 101 Å². The molecular formula is C13H18O2S. The van der Waals surface area contributed by atoms with E-state index >= 15 is 0 Å². The van der Waals surface area contributed by atoms with Gasteiger partial charge < -0.3 is 9.84 Å². The number of thioether (sulfide) groups is 1. The van der Waals surface area contributed by atoms with Crippen molar-refractivity contribution in [2.24, 2.45) is 0 Å². The van der Waals surface area contributed by atoms with E-state index in [1.807, 2.05) is 23.9 Å². The average Bonchev–Trinajstić information content (AvgIpc) is 2.31. The summed E-state index contributed by atoms with van der Waals surface area (Å²) >= 11 is 1.92. The number of hydrogen-bond donors (Lipinski definition) is 1. The van der Waals surface area contributed by atoms with E-state index in [-0.39, 0.29) is 6.10 Å². The minimum absolute atomic E-state index is 0.373. The molecule has 2 rings (SSSR count). The van der Waals surface area contributed by atoms with Gasteiger partial charge in [0.25, 0.3) is 0 Å². The zero-order valence-corrected chi connectivity index (χ0v) is 10.4. The molecular weight excluding hydrogens is 220 g/mol. The molecule has 2 nitrogen and oxygen atoms in total. The summed E-state index contributed by atoms with van der Waals surface area (Å²) in [5.41, 5.74) is 0.983. The van der Waals surface area contributed by atoms with Crippen LogP contribution in [0.5, 0.6) is 0 Å². The van der Waals surface area contributed by atoms with E-state index in [2.05, 4.69) is 12.1 Å². The van der Waals surface area contributed by atoms with Crippen molar-refractivity contribution >= 4 is 11.8 Å². The lowest BCUT2D eigenvalue weighted by Gasteiger charge is -2.21. The Morgan fingerprint density at radius 3 is 2.44 bits per heavy atom. The van der Waals surface area contributed by atoms with Crippen molar-refractivity contribution in [3.05, 3.63) is 29.8 Å². The highest BCUT2D eigenvalue weighted by Gasteiger charge is 2.14. The van der Waals surface area contributed by atoms with Crippen LogP contribution in [0.3, 0.4) is 0 Å². The highest BCUT2D eigenvalue weighted by Crippen LogP contribution is 2.30. The summed E-state index contributed by atoms with van der Waals surface area (Å²) in [7, 11) is 0.